The molecule has 1 aliphatic heterocycles. The van der Waals surface area contributed by atoms with Crippen molar-refractivity contribution in [1.29, 1.82) is 0 Å². The summed E-state index contributed by atoms with van der Waals surface area (Å²) < 4.78 is 19.2. The lowest BCUT2D eigenvalue weighted by Gasteiger charge is -2.15. The fraction of sp³-hybridized carbons (Fsp3) is 0.533. The van der Waals surface area contributed by atoms with E-state index in [2.05, 4.69) is 0 Å². The van der Waals surface area contributed by atoms with Gasteiger partial charge in [0, 0.05) is 12.8 Å². The Balaban J connectivity index is 2.00. The lowest BCUT2D eigenvalue weighted by Crippen LogP contribution is -2.14. The van der Waals surface area contributed by atoms with Gasteiger partial charge in [-0.1, -0.05) is 12.2 Å². The Bertz CT molecular complexity index is 448. The molecule has 1 aliphatic carbocycles. The van der Waals surface area contributed by atoms with Gasteiger partial charge in [0.05, 0.1) is 12.2 Å². The molecular formula is C15H19FO3. The summed E-state index contributed by atoms with van der Waals surface area (Å²) >= 11 is 0. The van der Waals surface area contributed by atoms with Crippen LogP contribution in [-0.2, 0) is 9.53 Å². The smallest absolute Gasteiger partial charge is 0.303 e. The molecule has 2 aliphatic rings. The van der Waals surface area contributed by atoms with E-state index in [0.717, 1.165) is 24.0 Å². The molecule has 0 spiro atoms. The van der Waals surface area contributed by atoms with Crippen LogP contribution in [-0.4, -0.2) is 23.3 Å². The molecule has 0 aromatic heterocycles. The second kappa shape index (κ2) is 6.15. The molecule has 0 aromatic carbocycles. The lowest BCUT2D eigenvalue weighted by atomic mass is 10.0. The number of halogens is 1. The highest BCUT2D eigenvalue weighted by molar-refractivity contribution is 5.66. The van der Waals surface area contributed by atoms with Gasteiger partial charge in [-0.15, -0.1) is 0 Å². The molecule has 1 heterocycles. The Morgan fingerprint density at radius 2 is 2.32 bits per heavy atom. The first kappa shape index (κ1) is 14.0. The van der Waals surface area contributed by atoms with Crippen LogP contribution >= 0.6 is 0 Å². The summed E-state index contributed by atoms with van der Waals surface area (Å²) in [4.78, 5) is 10.5. The number of hydrogen-bond donors (Lipinski definition) is 1. The number of carboxylic acid groups (broad SMARTS) is 1. The van der Waals surface area contributed by atoms with E-state index in [1.807, 2.05) is 19.1 Å². The molecule has 1 fully saturated rings. The van der Waals surface area contributed by atoms with Crippen LogP contribution in [0.5, 0.6) is 0 Å². The van der Waals surface area contributed by atoms with Gasteiger partial charge in [-0.2, -0.15) is 0 Å². The van der Waals surface area contributed by atoms with Crippen molar-refractivity contribution in [2.24, 2.45) is 0 Å². The fourth-order valence-corrected chi connectivity index (χ4v) is 2.60. The number of hydrogen-bond acceptors (Lipinski definition) is 2. The average Bonchev–Trinajstić information content (AvgIpc) is 2.73. The third-order valence-corrected chi connectivity index (χ3v) is 3.57. The number of allylic oxidation sites excluding steroid dienone is 4. The predicted molar refractivity (Wildman–Crippen MR) is 70.4 cm³/mol. The number of ether oxygens (including phenoxy) is 1. The van der Waals surface area contributed by atoms with E-state index < -0.39 is 5.97 Å². The number of carboxylic acids is 1. The molecule has 0 radical (unpaired) electrons. The summed E-state index contributed by atoms with van der Waals surface area (Å²) in [5, 5.41) is 8.67. The maximum atomic E-state index is 13.3. The van der Waals surface area contributed by atoms with Gasteiger partial charge in [-0.05, 0) is 43.4 Å². The molecule has 104 valence electrons. The summed E-state index contributed by atoms with van der Waals surface area (Å²) in [7, 11) is 0. The zero-order valence-corrected chi connectivity index (χ0v) is 11.1. The summed E-state index contributed by atoms with van der Waals surface area (Å²) in [5.41, 5.74) is 1.92. The summed E-state index contributed by atoms with van der Waals surface area (Å²) in [6.07, 6.45) is 8.04. The Kier molecular flexibility index (Phi) is 4.53. The van der Waals surface area contributed by atoms with E-state index in [-0.39, 0.29) is 24.5 Å². The maximum absolute atomic E-state index is 13.3. The van der Waals surface area contributed by atoms with Crippen LogP contribution in [0.4, 0.5) is 4.39 Å². The minimum Gasteiger partial charge on any atom is -0.481 e. The van der Waals surface area contributed by atoms with Crippen LogP contribution in [0.15, 0.2) is 35.2 Å². The van der Waals surface area contributed by atoms with Crippen LogP contribution in [0.3, 0.4) is 0 Å². The first-order valence-electron chi connectivity index (χ1n) is 6.67. The summed E-state index contributed by atoms with van der Waals surface area (Å²) in [6, 6.07) is 0. The van der Waals surface area contributed by atoms with Gasteiger partial charge in [0.1, 0.15) is 5.83 Å². The molecular weight excluding hydrogens is 247 g/mol. The SMILES string of the molecule is CC1=C(C2CCC(CCC(=O)O)O2)C=CCC(F)=C1. The fourth-order valence-electron chi connectivity index (χ4n) is 2.60. The number of aliphatic carboxylic acids is 1. The van der Waals surface area contributed by atoms with Gasteiger partial charge in [0.25, 0.3) is 0 Å². The topological polar surface area (TPSA) is 46.5 Å². The Morgan fingerprint density at radius 1 is 1.53 bits per heavy atom. The number of carbonyl (C=O) groups is 1. The standard InChI is InChI=1S/C15H19FO3/c1-10-9-11(16)3-2-4-13(10)14-7-5-12(19-14)6-8-15(17)18/h2,4,9,12,14H,3,5-8H2,1H3,(H,17,18). The molecule has 2 rings (SSSR count). The molecule has 4 heteroatoms. The first-order valence-corrected chi connectivity index (χ1v) is 6.67. The zero-order chi connectivity index (χ0) is 13.8. The van der Waals surface area contributed by atoms with Gasteiger partial charge in [0.2, 0.25) is 0 Å². The third kappa shape index (κ3) is 3.77. The van der Waals surface area contributed by atoms with E-state index in [4.69, 9.17) is 9.84 Å². The van der Waals surface area contributed by atoms with Crippen molar-refractivity contribution in [2.45, 2.75) is 51.2 Å². The van der Waals surface area contributed by atoms with Gasteiger partial charge in [-0.3, -0.25) is 4.79 Å². The van der Waals surface area contributed by atoms with Crippen LogP contribution in [0, 0.1) is 0 Å². The predicted octanol–water partition coefficient (Wildman–Crippen LogP) is 3.53. The van der Waals surface area contributed by atoms with Crippen molar-refractivity contribution in [3.05, 3.63) is 35.2 Å². The van der Waals surface area contributed by atoms with Crippen molar-refractivity contribution in [1.82, 2.24) is 0 Å². The molecule has 0 bridgehead atoms. The van der Waals surface area contributed by atoms with Gasteiger partial charge < -0.3 is 9.84 Å². The Morgan fingerprint density at radius 3 is 3.05 bits per heavy atom. The van der Waals surface area contributed by atoms with Gasteiger partial charge in [0.15, 0.2) is 0 Å². The molecule has 1 N–H and O–H groups in total. The normalized spacial score (nSPS) is 27.4. The molecule has 1 saturated heterocycles. The molecule has 0 amide bonds. The van der Waals surface area contributed by atoms with Crippen molar-refractivity contribution in [3.63, 3.8) is 0 Å². The Hall–Kier alpha value is -1.42. The van der Waals surface area contributed by atoms with Gasteiger partial charge in [-0.25, -0.2) is 4.39 Å². The van der Waals surface area contributed by atoms with E-state index in [1.54, 1.807) is 6.08 Å². The van der Waals surface area contributed by atoms with E-state index in [0.29, 0.717) is 12.8 Å². The lowest BCUT2D eigenvalue weighted by molar-refractivity contribution is -0.137. The van der Waals surface area contributed by atoms with Crippen molar-refractivity contribution in [2.75, 3.05) is 0 Å². The van der Waals surface area contributed by atoms with Gasteiger partial charge >= 0.3 is 5.97 Å². The molecule has 3 nitrogen and oxygen atoms in total. The van der Waals surface area contributed by atoms with E-state index >= 15 is 0 Å². The van der Waals surface area contributed by atoms with Crippen molar-refractivity contribution >= 4 is 5.97 Å². The minimum absolute atomic E-state index is 0.00637. The molecule has 2 unspecified atom stereocenters. The van der Waals surface area contributed by atoms with Crippen LogP contribution in [0.25, 0.3) is 0 Å². The van der Waals surface area contributed by atoms with Crippen LogP contribution in [0.1, 0.15) is 39.0 Å². The van der Waals surface area contributed by atoms with Crippen LogP contribution in [0.2, 0.25) is 0 Å². The highest BCUT2D eigenvalue weighted by atomic mass is 19.1. The molecule has 2 atom stereocenters. The summed E-state index contributed by atoms with van der Waals surface area (Å²) in [6.45, 7) is 1.89. The number of rotatable bonds is 4. The van der Waals surface area contributed by atoms with Crippen molar-refractivity contribution in [3.8, 4) is 0 Å². The first-order chi connectivity index (χ1) is 9.06. The molecule has 19 heavy (non-hydrogen) atoms. The van der Waals surface area contributed by atoms with E-state index in [1.165, 1.54) is 0 Å². The minimum atomic E-state index is -0.790. The second-order valence-corrected chi connectivity index (χ2v) is 5.09. The highest BCUT2D eigenvalue weighted by Crippen LogP contribution is 2.31. The summed E-state index contributed by atoms with van der Waals surface area (Å²) in [5.74, 6) is -0.925. The molecule has 0 saturated carbocycles. The molecule has 0 aromatic rings. The maximum Gasteiger partial charge on any atom is 0.303 e. The monoisotopic (exact) mass is 266 g/mol. The highest BCUT2D eigenvalue weighted by Gasteiger charge is 2.28. The van der Waals surface area contributed by atoms with Crippen LogP contribution < -0.4 is 0 Å². The zero-order valence-electron chi connectivity index (χ0n) is 11.1. The van der Waals surface area contributed by atoms with E-state index in [9.17, 15) is 9.18 Å². The largest absolute Gasteiger partial charge is 0.481 e. The van der Waals surface area contributed by atoms with Crippen molar-refractivity contribution < 1.29 is 19.0 Å². The Labute approximate surface area is 112 Å². The second-order valence-electron chi connectivity index (χ2n) is 5.09. The quantitative estimate of drug-likeness (QED) is 0.846. The third-order valence-electron chi connectivity index (χ3n) is 3.57. The average molecular weight is 266 g/mol.